The molecule has 0 heterocycles. The van der Waals surface area contributed by atoms with E-state index < -0.39 is 17.9 Å². The third kappa shape index (κ3) is 5.59. The van der Waals surface area contributed by atoms with E-state index in [1.165, 1.54) is 5.56 Å². The van der Waals surface area contributed by atoms with Gasteiger partial charge in [0.05, 0.1) is 0 Å². The highest BCUT2D eigenvalue weighted by atomic mass is 16.4. The SMILES string of the molecule is CCc1cccc(-c2cccc(C(=O)NC(Cc3ccc(-c4ccccc4)cc3)C(=O)O)c2)c1. The predicted molar refractivity (Wildman–Crippen MR) is 136 cm³/mol. The smallest absolute Gasteiger partial charge is 0.326 e. The molecule has 0 spiro atoms. The van der Waals surface area contributed by atoms with Gasteiger partial charge in [-0.3, -0.25) is 4.79 Å². The van der Waals surface area contributed by atoms with Crippen LogP contribution in [-0.2, 0) is 17.6 Å². The second-order valence-corrected chi connectivity index (χ2v) is 8.27. The fourth-order valence-electron chi connectivity index (χ4n) is 3.95. The number of hydrogen-bond acceptors (Lipinski definition) is 2. The number of benzene rings is 4. The van der Waals surface area contributed by atoms with E-state index in [9.17, 15) is 14.7 Å². The van der Waals surface area contributed by atoms with Crippen molar-refractivity contribution in [2.24, 2.45) is 0 Å². The maximum atomic E-state index is 12.9. The lowest BCUT2D eigenvalue weighted by Crippen LogP contribution is -2.42. The van der Waals surface area contributed by atoms with Gasteiger partial charge in [-0.15, -0.1) is 0 Å². The first kappa shape index (κ1) is 23.0. The zero-order valence-electron chi connectivity index (χ0n) is 19.1. The maximum absolute atomic E-state index is 12.9. The van der Waals surface area contributed by atoms with Crippen LogP contribution in [-0.4, -0.2) is 23.0 Å². The van der Waals surface area contributed by atoms with E-state index in [-0.39, 0.29) is 6.42 Å². The Morgan fingerprint density at radius 1 is 0.706 bits per heavy atom. The van der Waals surface area contributed by atoms with Crippen molar-refractivity contribution < 1.29 is 14.7 Å². The van der Waals surface area contributed by atoms with Crippen LogP contribution >= 0.6 is 0 Å². The first-order valence-electron chi connectivity index (χ1n) is 11.4. The molecule has 0 saturated heterocycles. The summed E-state index contributed by atoms with van der Waals surface area (Å²) in [5.41, 5.74) is 6.61. The Labute approximate surface area is 199 Å². The molecule has 4 aromatic rings. The predicted octanol–water partition coefficient (Wildman–Crippen LogP) is 6.01. The van der Waals surface area contributed by atoms with Gasteiger partial charge in [0.15, 0.2) is 0 Å². The normalized spacial score (nSPS) is 11.6. The van der Waals surface area contributed by atoms with Gasteiger partial charge in [0.2, 0.25) is 0 Å². The first-order chi connectivity index (χ1) is 16.5. The van der Waals surface area contributed by atoms with Crippen LogP contribution < -0.4 is 5.32 Å². The average Bonchev–Trinajstić information content (AvgIpc) is 2.89. The number of carboxylic acids is 1. The molecule has 2 N–H and O–H groups in total. The minimum Gasteiger partial charge on any atom is -0.480 e. The topological polar surface area (TPSA) is 66.4 Å². The standard InChI is InChI=1S/C30H27NO3/c1-2-21-8-6-11-25(18-21)26-12-7-13-27(20-26)29(32)31-28(30(33)34)19-22-14-16-24(17-15-22)23-9-4-3-5-10-23/h3-18,20,28H,2,19H2,1H3,(H,31,32)(H,33,34). The summed E-state index contributed by atoms with van der Waals surface area (Å²) < 4.78 is 0. The molecular weight excluding hydrogens is 422 g/mol. The molecule has 4 rings (SSSR count). The van der Waals surface area contributed by atoms with Gasteiger partial charge in [0, 0.05) is 12.0 Å². The van der Waals surface area contributed by atoms with Gasteiger partial charge in [-0.25, -0.2) is 4.79 Å². The summed E-state index contributed by atoms with van der Waals surface area (Å²) in [5.74, 6) is -1.46. The molecule has 0 bridgehead atoms. The maximum Gasteiger partial charge on any atom is 0.326 e. The van der Waals surface area contributed by atoms with Crippen molar-refractivity contribution in [3.63, 3.8) is 0 Å². The molecule has 0 aliphatic heterocycles. The van der Waals surface area contributed by atoms with E-state index >= 15 is 0 Å². The Balaban J connectivity index is 1.48. The van der Waals surface area contributed by atoms with Crippen LogP contribution in [0.2, 0.25) is 0 Å². The molecule has 4 heteroatoms. The zero-order chi connectivity index (χ0) is 23.9. The largest absolute Gasteiger partial charge is 0.480 e. The number of aryl methyl sites for hydroxylation is 1. The van der Waals surface area contributed by atoms with Crippen LogP contribution in [0.5, 0.6) is 0 Å². The minimum absolute atomic E-state index is 0.203. The molecule has 0 aromatic heterocycles. The number of carbonyl (C=O) groups is 2. The highest BCUT2D eigenvalue weighted by Crippen LogP contribution is 2.23. The van der Waals surface area contributed by atoms with Gasteiger partial charge < -0.3 is 10.4 Å². The van der Waals surface area contributed by atoms with Gasteiger partial charge in [0.25, 0.3) is 5.91 Å². The van der Waals surface area contributed by atoms with E-state index in [1.54, 1.807) is 12.1 Å². The fourth-order valence-corrected chi connectivity index (χ4v) is 3.95. The second-order valence-electron chi connectivity index (χ2n) is 8.27. The lowest BCUT2D eigenvalue weighted by atomic mass is 9.99. The molecule has 4 nitrogen and oxygen atoms in total. The van der Waals surface area contributed by atoms with Crippen LogP contribution in [0, 0.1) is 0 Å². The third-order valence-electron chi connectivity index (χ3n) is 5.90. The minimum atomic E-state index is -1.06. The summed E-state index contributed by atoms with van der Waals surface area (Å²) in [7, 11) is 0. The Morgan fingerprint density at radius 2 is 1.32 bits per heavy atom. The Kier molecular flexibility index (Phi) is 7.19. The molecule has 0 aliphatic rings. The van der Waals surface area contributed by atoms with Crippen molar-refractivity contribution in [1.82, 2.24) is 5.32 Å². The highest BCUT2D eigenvalue weighted by molar-refractivity contribution is 5.97. The quantitative estimate of drug-likeness (QED) is 0.346. The molecule has 170 valence electrons. The molecule has 0 fully saturated rings. The summed E-state index contributed by atoms with van der Waals surface area (Å²) in [4.78, 5) is 24.8. The molecule has 0 aliphatic carbocycles. The van der Waals surface area contributed by atoms with Crippen molar-refractivity contribution in [2.45, 2.75) is 25.8 Å². The molecule has 4 aromatic carbocycles. The van der Waals surface area contributed by atoms with E-state index in [0.29, 0.717) is 5.56 Å². The number of hydrogen-bond donors (Lipinski definition) is 2. The molecule has 1 amide bonds. The number of aliphatic carboxylic acids is 1. The van der Waals surface area contributed by atoms with E-state index in [1.807, 2.05) is 78.9 Å². The molecule has 0 radical (unpaired) electrons. The summed E-state index contributed by atoms with van der Waals surface area (Å²) in [6.45, 7) is 2.10. The Hall–Kier alpha value is -4.18. The van der Waals surface area contributed by atoms with Crippen molar-refractivity contribution in [2.75, 3.05) is 0 Å². The third-order valence-corrected chi connectivity index (χ3v) is 5.90. The lowest BCUT2D eigenvalue weighted by molar-refractivity contribution is -0.139. The second kappa shape index (κ2) is 10.6. The molecule has 1 atom stereocenters. The summed E-state index contributed by atoms with van der Waals surface area (Å²) in [5, 5.41) is 12.4. The number of amides is 1. The average molecular weight is 450 g/mol. The van der Waals surface area contributed by atoms with Gasteiger partial charge in [-0.1, -0.05) is 97.9 Å². The lowest BCUT2D eigenvalue weighted by Gasteiger charge is -2.15. The summed E-state index contributed by atoms with van der Waals surface area (Å²) in [6, 6.07) is 32.2. The van der Waals surface area contributed by atoms with Crippen molar-refractivity contribution in [1.29, 1.82) is 0 Å². The first-order valence-corrected chi connectivity index (χ1v) is 11.4. The molecule has 34 heavy (non-hydrogen) atoms. The summed E-state index contributed by atoms with van der Waals surface area (Å²) in [6.07, 6.45) is 1.13. The Morgan fingerprint density at radius 3 is 2.00 bits per heavy atom. The number of rotatable bonds is 8. The fraction of sp³-hybridized carbons (Fsp3) is 0.133. The number of carbonyl (C=O) groups excluding carboxylic acids is 1. The van der Waals surface area contributed by atoms with Crippen LogP contribution in [0.1, 0.15) is 28.4 Å². The Bertz CT molecular complexity index is 1280. The van der Waals surface area contributed by atoms with Gasteiger partial charge in [-0.05, 0) is 51.9 Å². The van der Waals surface area contributed by atoms with Crippen molar-refractivity contribution in [3.8, 4) is 22.3 Å². The van der Waals surface area contributed by atoms with Crippen LogP contribution in [0.3, 0.4) is 0 Å². The van der Waals surface area contributed by atoms with E-state index in [2.05, 4.69) is 24.4 Å². The van der Waals surface area contributed by atoms with E-state index in [4.69, 9.17) is 0 Å². The van der Waals surface area contributed by atoms with Gasteiger partial charge in [0.1, 0.15) is 6.04 Å². The number of nitrogens with one attached hydrogen (secondary N) is 1. The van der Waals surface area contributed by atoms with Crippen molar-refractivity contribution in [3.05, 3.63) is 120 Å². The molecular formula is C30H27NO3. The zero-order valence-corrected chi connectivity index (χ0v) is 19.1. The van der Waals surface area contributed by atoms with Crippen molar-refractivity contribution >= 4 is 11.9 Å². The molecule has 0 saturated carbocycles. The monoisotopic (exact) mass is 449 g/mol. The van der Waals surface area contributed by atoms with Crippen LogP contribution in [0.25, 0.3) is 22.3 Å². The number of carboxylic acid groups (broad SMARTS) is 1. The van der Waals surface area contributed by atoms with E-state index in [0.717, 1.165) is 34.2 Å². The van der Waals surface area contributed by atoms with Gasteiger partial charge in [-0.2, -0.15) is 0 Å². The van der Waals surface area contributed by atoms with Crippen LogP contribution in [0.15, 0.2) is 103 Å². The summed E-state index contributed by atoms with van der Waals surface area (Å²) >= 11 is 0. The highest BCUT2D eigenvalue weighted by Gasteiger charge is 2.21. The van der Waals surface area contributed by atoms with Crippen LogP contribution in [0.4, 0.5) is 0 Å². The van der Waals surface area contributed by atoms with Gasteiger partial charge >= 0.3 is 5.97 Å². The molecule has 1 unspecified atom stereocenters.